The lowest BCUT2D eigenvalue weighted by Crippen LogP contribution is -2.32. The summed E-state index contributed by atoms with van der Waals surface area (Å²) in [6.45, 7) is 4.30. The summed E-state index contributed by atoms with van der Waals surface area (Å²) in [5.41, 5.74) is 0.949. The molecule has 8 nitrogen and oxygen atoms in total. The molecule has 29 heavy (non-hydrogen) atoms. The molecular weight excluding hydrogens is 366 g/mol. The summed E-state index contributed by atoms with van der Waals surface area (Å²) in [6, 6.07) is 4.26. The molecule has 2 unspecified atom stereocenters. The average Bonchev–Trinajstić information content (AvgIpc) is 3.20. The smallest absolute Gasteiger partial charge is 0.181 e. The fourth-order valence-electron chi connectivity index (χ4n) is 4.26. The van der Waals surface area contributed by atoms with Gasteiger partial charge in [0.05, 0.1) is 18.2 Å². The highest BCUT2D eigenvalue weighted by Gasteiger charge is 2.30. The minimum absolute atomic E-state index is 0.243. The molecule has 8 heteroatoms. The van der Waals surface area contributed by atoms with Crippen molar-refractivity contribution < 1.29 is 4.74 Å². The standard InChI is InChI=1S/C21H27N7O/c1-14-9-18(10-15(2)29-14)28-19(6-5-16-3-4-16)25-21(26-28)17-7-8-23-20(11-17)27-13-22-12-24-27/h7-8,11-16,18H,3-6,9-10H2,1-2H3. The highest BCUT2D eigenvalue weighted by atomic mass is 16.5. The van der Waals surface area contributed by atoms with E-state index >= 15 is 0 Å². The Kier molecular flexibility index (Phi) is 4.87. The summed E-state index contributed by atoms with van der Waals surface area (Å²) in [5, 5.41) is 9.14. The van der Waals surface area contributed by atoms with E-state index in [0.717, 1.165) is 42.4 Å². The zero-order valence-corrected chi connectivity index (χ0v) is 17.0. The van der Waals surface area contributed by atoms with Crippen molar-refractivity contribution in [3.8, 4) is 17.2 Å². The molecule has 5 rings (SSSR count). The molecule has 0 radical (unpaired) electrons. The highest BCUT2D eigenvalue weighted by Crippen LogP contribution is 2.35. The van der Waals surface area contributed by atoms with Crippen molar-refractivity contribution in [1.82, 2.24) is 34.5 Å². The Hall–Kier alpha value is -2.61. The van der Waals surface area contributed by atoms with Crippen molar-refractivity contribution >= 4 is 0 Å². The van der Waals surface area contributed by atoms with Crippen LogP contribution >= 0.6 is 0 Å². The van der Waals surface area contributed by atoms with Crippen LogP contribution in [0.3, 0.4) is 0 Å². The summed E-state index contributed by atoms with van der Waals surface area (Å²) in [4.78, 5) is 13.4. The number of hydrogen-bond donors (Lipinski definition) is 0. The van der Waals surface area contributed by atoms with Gasteiger partial charge in [0.2, 0.25) is 0 Å². The van der Waals surface area contributed by atoms with Crippen molar-refractivity contribution in [3.05, 3.63) is 36.8 Å². The maximum absolute atomic E-state index is 5.95. The van der Waals surface area contributed by atoms with E-state index in [9.17, 15) is 0 Å². The zero-order valence-electron chi connectivity index (χ0n) is 17.0. The molecule has 1 aliphatic carbocycles. The number of pyridine rings is 1. The second kappa shape index (κ2) is 7.67. The number of rotatable bonds is 6. The molecule has 4 heterocycles. The first-order chi connectivity index (χ1) is 14.2. The van der Waals surface area contributed by atoms with Crippen LogP contribution in [0.25, 0.3) is 17.2 Å². The maximum Gasteiger partial charge on any atom is 0.181 e. The molecular formula is C21H27N7O. The minimum atomic E-state index is 0.243. The van der Waals surface area contributed by atoms with Gasteiger partial charge < -0.3 is 4.74 Å². The van der Waals surface area contributed by atoms with Gasteiger partial charge in [0.1, 0.15) is 18.5 Å². The lowest BCUT2D eigenvalue weighted by molar-refractivity contribution is -0.0511. The van der Waals surface area contributed by atoms with Crippen LogP contribution in [-0.2, 0) is 11.2 Å². The second-order valence-corrected chi connectivity index (χ2v) is 8.40. The van der Waals surface area contributed by atoms with E-state index in [1.807, 2.05) is 12.1 Å². The summed E-state index contributed by atoms with van der Waals surface area (Å²) in [7, 11) is 0. The summed E-state index contributed by atoms with van der Waals surface area (Å²) in [6.07, 6.45) is 12.3. The molecule has 2 fully saturated rings. The third-order valence-electron chi connectivity index (χ3n) is 5.85. The minimum Gasteiger partial charge on any atom is -0.375 e. The highest BCUT2D eigenvalue weighted by molar-refractivity contribution is 5.56. The molecule has 1 saturated heterocycles. The van der Waals surface area contributed by atoms with Crippen molar-refractivity contribution in [1.29, 1.82) is 0 Å². The topological polar surface area (TPSA) is 83.5 Å². The molecule has 3 aromatic heterocycles. The number of aryl methyl sites for hydroxylation is 1. The van der Waals surface area contributed by atoms with E-state index in [1.165, 1.54) is 25.6 Å². The Labute approximate surface area is 170 Å². The van der Waals surface area contributed by atoms with Crippen LogP contribution < -0.4 is 0 Å². The first-order valence-corrected chi connectivity index (χ1v) is 10.6. The first kappa shape index (κ1) is 18.4. The predicted molar refractivity (Wildman–Crippen MR) is 107 cm³/mol. The predicted octanol–water partition coefficient (Wildman–Crippen LogP) is 3.39. The molecule has 0 bridgehead atoms. The Balaban J connectivity index is 1.48. The first-order valence-electron chi connectivity index (χ1n) is 10.6. The molecule has 1 aliphatic heterocycles. The number of hydrogen-bond acceptors (Lipinski definition) is 6. The van der Waals surface area contributed by atoms with Gasteiger partial charge in [-0.15, -0.1) is 0 Å². The molecule has 152 valence electrons. The van der Waals surface area contributed by atoms with Crippen molar-refractivity contribution in [2.24, 2.45) is 5.92 Å². The van der Waals surface area contributed by atoms with E-state index in [1.54, 1.807) is 17.2 Å². The van der Waals surface area contributed by atoms with Crippen LogP contribution in [0.2, 0.25) is 0 Å². The van der Waals surface area contributed by atoms with Crippen LogP contribution in [0.4, 0.5) is 0 Å². The third-order valence-corrected chi connectivity index (χ3v) is 5.85. The van der Waals surface area contributed by atoms with Gasteiger partial charge in [-0.3, -0.25) is 0 Å². The lowest BCUT2D eigenvalue weighted by atomic mass is 10.00. The third kappa shape index (κ3) is 4.07. The van der Waals surface area contributed by atoms with Crippen molar-refractivity contribution in [2.45, 2.75) is 70.6 Å². The fraction of sp³-hybridized carbons (Fsp3) is 0.571. The summed E-state index contributed by atoms with van der Waals surface area (Å²) < 4.78 is 9.78. The SMILES string of the molecule is CC1CC(n2nc(-c3ccnc(-n4cncn4)c3)nc2CCC2CC2)CC(C)O1. The van der Waals surface area contributed by atoms with Gasteiger partial charge in [0.25, 0.3) is 0 Å². The van der Waals surface area contributed by atoms with Gasteiger partial charge in [-0.05, 0) is 51.2 Å². The number of ether oxygens (including phenoxy) is 1. The summed E-state index contributed by atoms with van der Waals surface area (Å²) >= 11 is 0. The van der Waals surface area contributed by atoms with Crippen LogP contribution in [0, 0.1) is 5.92 Å². The maximum atomic E-state index is 5.95. The molecule has 0 aromatic carbocycles. The van der Waals surface area contributed by atoms with Crippen LogP contribution in [0.1, 0.15) is 57.8 Å². The van der Waals surface area contributed by atoms with Gasteiger partial charge in [-0.2, -0.15) is 10.2 Å². The molecule has 0 amide bonds. The van der Waals surface area contributed by atoms with E-state index in [4.69, 9.17) is 14.8 Å². The van der Waals surface area contributed by atoms with Crippen molar-refractivity contribution in [3.63, 3.8) is 0 Å². The van der Waals surface area contributed by atoms with E-state index < -0.39 is 0 Å². The number of nitrogens with zero attached hydrogens (tertiary/aromatic N) is 7. The van der Waals surface area contributed by atoms with E-state index in [-0.39, 0.29) is 12.2 Å². The second-order valence-electron chi connectivity index (χ2n) is 8.40. The quantitative estimate of drug-likeness (QED) is 0.638. The Morgan fingerprint density at radius 2 is 2.00 bits per heavy atom. The van der Waals surface area contributed by atoms with Gasteiger partial charge in [-0.1, -0.05) is 12.8 Å². The largest absolute Gasteiger partial charge is 0.375 e. The zero-order chi connectivity index (χ0) is 19.8. The Morgan fingerprint density at radius 1 is 1.17 bits per heavy atom. The molecule has 0 spiro atoms. The Morgan fingerprint density at radius 3 is 2.72 bits per heavy atom. The van der Waals surface area contributed by atoms with Crippen LogP contribution in [0.15, 0.2) is 31.0 Å². The molecule has 3 aromatic rings. The monoisotopic (exact) mass is 393 g/mol. The van der Waals surface area contributed by atoms with Gasteiger partial charge in [0, 0.05) is 18.2 Å². The Bertz CT molecular complexity index is 953. The van der Waals surface area contributed by atoms with Gasteiger partial charge >= 0.3 is 0 Å². The molecule has 1 saturated carbocycles. The van der Waals surface area contributed by atoms with E-state index in [2.05, 4.69) is 33.6 Å². The molecule has 2 aliphatic rings. The molecule has 0 N–H and O–H groups in total. The van der Waals surface area contributed by atoms with Gasteiger partial charge in [-0.25, -0.2) is 24.3 Å². The molecule has 2 atom stereocenters. The van der Waals surface area contributed by atoms with Crippen LogP contribution in [0.5, 0.6) is 0 Å². The lowest BCUT2D eigenvalue weighted by Gasteiger charge is -2.32. The fourth-order valence-corrected chi connectivity index (χ4v) is 4.26. The van der Waals surface area contributed by atoms with E-state index in [0.29, 0.717) is 11.9 Å². The number of aromatic nitrogens is 7. The van der Waals surface area contributed by atoms with Gasteiger partial charge in [0.15, 0.2) is 11.6 Å². The normalized spacial score (nSPS) is 24.7. The summed E-state index contributed by atoms with van der Waals surface area (Å²) in [5.74, 6) is 3.43. The van der Waals surface area contributed by atoms with Crippen LogP contribution in [-0.4, -0.2) is 46.7 Å². The average molecular weight is 393 g/mol. The van der Waals surface area contributed by atoms with Crippen molar-refractivity contribution in [2.75, 3.05) is 0 Å².